The van der Waals surface area contributed by atoms with E-state index in [-0.39, 0.29) is 11.9 Å². The summed E-state index contributed by atoms with van der Waals surface area (Å²) in [7, 11) is 0. The minimum absolute atomic E-state index is 0.0171. The number of halogens is 1. The number of alkyl halides is 1. The third kappa shape index (κ3) is 4.88. The second kappa shape index (κ2) is 7.88. The van der Waals surface area contributed by atoms with Gasteiger partial charge in [-0.05, 0) is 69.6 Å². The first kappa shape index (κ1) is 18.9. The number of carbonyl (C=O) groups excluding carboxylic acids is 1. The first-order chi connectivity index (χ1) is 13.0. The maximum absolute atomic E-state index is 14.0. The van der Waals surface area contributed by atoms with E-state index >= 15 is 0 Å². The molecule has 2 N–H and O–H groups in total. The first-order valence-corrected chi connectivity index (χ1v) is 10.4. The maximum atomic E-state index is 14.0. The summed E-state index contributed by atoms with van der Waals surface area (Å²) < 4.78 is 19.3. The number of amides is 1. The highest BCUT2D eigenvalue weighted by Crippen LogP contribution is 2.42. The molecule has 2 saturated carbocycles. The Morgan fingerprint density at radius 2 is 1.89 bits per heavy atom. The van der Waals surface area contributed by atoms with E-state index in [4.69, 9.17) is 4.74 Å². The Hall–Kier alpha value is -1.46. The SMILES string of the molecule is CC1(F)CCC(NC2CC2c2cccc(C(=O)NC3CCOCC3)c2)CC1. The summed E-state index contributed by atoms with van der Waals surface area (Å²) in [5.41, 5.74) is 1.00. The Morgan fingerprint density at radius 3 is 2.63 bits per heavy atom. The number of carbonyl (C=O) groups is 1. The topological polar surface area (TPSA) is 50.4 Å². The molecule has 1 aromatic rings. The number of hydrogen-bond donors (Lipinski definition) is 2. The van der Waals surface area contributed by atoms with Crippen molar-refractivity contribution in [3.63, 3.8) is 0 Å². The largest absolute Gasteiger partial charge is 0.381 e. The monoisotopic (exact) mass is 374 g/mol. The molecule has 0 aromatic heterocycles. The van der Waals surface area contributed by atoms with Crippen LogP contribution in [0.4, 0.5) is 4.39 Å². The molecule has 1 saturated heterocycles. The number of ether oxygens (including phenoxy) is 1. The van der Waals surface area contributed by atoms with Crippen LogP contribution in [-0.2, 0) is 4.74 Å². The van der Waals surface area contributed by atoms with Gasteiger partial charge in [-0.2, -0.15) is 0 Å². The second-order valence-electron chi connectivity index (χ2n) is 8.79. The van der Waals surface area contributed by atoms with Crippen LogP contribution in [0.15, 0.2) is 24.3 Å². The average Bonchev–Trinajstić information content (AvgIpc) is 3.44. The lowest BCUT2D eigenvalue weighted by molar-refractivity contribution is 0.0696. The molecule has 2 atom stereocenters. The minimum Gasteiger partial charge on any atom is -0.381 e. The summed E-state index contributed by atoms with van der Waals surface area (Å²) in [6, 6.07) is 9.16. The highest BCUT2D eigenvalue weighted by molar-refractivity contribution is 5.94. The predicted molar refractivity (Wildman–Crippen MR) is 104 cm³/mol. The van der Waals surface area contributed by atoms with Crippen LogP contribution >= 0.6 is 0 Å². The second-order valence-corrected chi connectivity index (χ2v) is 8.79. The van der Waals surface area contributed by atoms with Crippen molar-refractivity contribution in [3.8, 4) is 0 Å². The molecule has 5 heteroatoms. The summed E-state index contributed by atoms with van der Waals surface area (Å²) in [5, 5.41) is 6.85. The highest BCUT2D eigenvalue weighted by Gasteiger charge is 2.41. The van der Waals surface area contributed by atoms with Gasteiger partial charge in [0, 0.05) is 42.8 Å². The molecule has 148 valence electrons. The zero-order valence-corrected chi connectivity index (χ0v) is 16.2. The van der Waals surface area contributed by atoms with Crippen LogP contribution in [0.5, 0.6) is 0 Å². The first-order valence-electron chi connectivity index (χ1n) is 10.4. The molecule has 1 amide bonds. The van der Waals surface area contributed by atoms with Crippen molar-refractivity contribution < 1.29 is 13.9 Å². The quantitative estimate of drug-likeness (QED) is 0.826. The van der Waals surface area contributed by atoms with Gasteiger partial charge >= 0.3 is 0 Å². The Morgan fingerprint density at radius 1 is 1.15 bits per heavy atom. The molecule has 0 spiro atoms. The standard InChI is InChI=1S/C22H31FN2O2/c1-22(23)9-5-17(6-10-22)24-20-14-19(20)15-3-2-4-16(13-15)21(26)25-18-7-11-27-12-8-18/h2-4,13,17-20,24H,5-12,14H2,1H3,(H,25,26). The van der Waals surface area contributed by atoms with Crippen molar-refractivity contribution in [2.75, 3.05) is 13.2 Å². The van der Waals surface area contributed by atoms with E-state index in [0.717, 1.165) is 50.9 Å². The van der Waals surface area contributed by atoms with E-state index in [1.165, 1.54) is 5.56 Å². The molecular formula is C22H31FN2O2. The van der Waals surface area contributed by atoms with Gasteiger partial charge in [-0.15, -0.1) is 0 Å². The van der Waals surface area contributed by atoms with Gasteiger partial charge in [-0.1, -0.05) is 12.1 Å². The Labute approximate surface area is 161 Å². The van der Waals surface area contributed by atoms with Gasteiger partial charge in [0.25, 0.3) is 5.91 Å². The van der Waals surface area contributed by atoms with Gasteiger partial charge in [-0.25, -0.2) is 4.39 Å². The summed E-state index contributed by atoms with van der Waals surface area (Å²) >= 11 is 0. The summed E-state index contributed by atoms with van der Waals surface area (Å²) in [4.78, 5) is 12.6. The molecule has 3 fully saturated rings. The fraction of sp³-hybridized carbons (Fsp3) is 0.682. The van der Waals surface area contributed by atoms with E-state index < -0.39 is 5.67 Å². The Balaban J connectivity index is 1.30. The molecule has 1 heterocycles. The van der Waals surface area contributed by atoms with E-state index in [1.807, 2.05) is 18.2 Å². The number of hydrogen-bond acceptors (Lipinski definition) is 3. The van der Waals surface area contributed by atoms with Crippen LogP contribution in [0, 0.1) is 0 Å². The van der Waals surface area contributed by atoms with Crippen LogP contribution in [-0.4, -0.2) is 42.9 Å². The number of benzene rings is 1. The predicted octanol–water partition coefficient (Wildman–Crippen LogP) is 3.71. The molecule has 3 aliphatic rings. The lowest BCUT2D eigenvalue weighted by atomic mass is 9.85. The average molecular weight is 375 g/mol. The van der Waals surface area contributed by atoms with Crippen molar-refractivity contribution in [3.05, 3.63) is 35.4 Å². The fourth-order valence-electron chi connectivity index (χ4n) is 4.46. The van der Waals surface area contributed by atoms with Crippen LogP contribution in [0.1, 0.15) is 73.7 Å². The summed E-state index contributed by atoms with van der Waals surface area (Å²) in [5.74, 6) is 0.489. The molecule has 1 aliphatic heterocycles. The van der Waals surface area contributed by atoms with Crippen molar-refractivity contribution in [2.24, 2.45) is 0 Å². The van der Waals surface area contributed by atoms with E-state index in [2.05, 4.69) is 16.7 Å². The Kier molecular flexibility index (Phi) is 5.51. The van der Waals surface area contributed by atoms with E-state index in [9.17, 15) is 9.18 Å². The summed E-state index contributed by atoms with van der Waals surface area (Å²) in [6.07, 6.45) is 6.04. The van der Waals surface area contributed by atoms with Gasteiger partial charge < -0.3 is 15.4 Å². The van der Waals surface area contributed by atoms with E-state index in [0.29, 0.717) is 30.8 Å². The molecule has 2 aliphatic carbocycles. The zero-order chi connectivity index (χ0) is 18.9. The molecule has 2 unspecified atom stereocenters. The van der Waals surface area contributed by atoms with Crippen molar-refractivity contribution in [1.82, 2.24) is 10.6 Å². The third-order valence-electron chi connectivity index (χ3n) is 6.40. The molecule has 4 rings (SSSR count). The molecule has 27 heavy (non-hydrogen) atoms. The van der Waals surface area contributed by atoms with Gasteiger partial charge in [0.05, 0.1) is 0 Å². The molecule has 1 aromatic carbocycles. The van der Waals surface area contributed by atoms with Crippen molar-refractivity contribution >= 4 is 5.91 Å². The lowest BCUT2D eigenvalue weighted by Gasteiger charge is -2.31. The molecule has 4 nitrogen and oxygen atoms in total. The van der Waals surface area contributed by atoms with Crippen molar-refractivity contribution in [2.45, 2.75) is 81.6 Å². The zero-order valence-electron chi connectivity index (χ0n) is 16.2. The van der Waals surface area contributed by atoms with Crippen LogP contribution in [0.25, 0.3) is 0 Å². The van der Waals surface area contributed by atoms with Gasteiger partial charge in [0.2, 0.25) is 0 Å². The smallest absolute Gasteiger partial charge is 0.251 e. The van der Waals surface area contributed by atoms with Gasteiger partial charge in [0.15, 0.2) is 0 Å². The maximum Gasteiger partial charge on any atom is 0.251 e. The normalized spacial score (nSPS) is 34.2. The molecule has 0 bridgehead atoms. The number of nitrogens with one attached hydrogen (secondary N) is 2. The van der Waals surface area contributed by atoms with Crippen LogP contribution in [0.3, 0.4) is 0 Å². The third-order valence-corrected chi connectivity index (χ3v) is 6.40. The number of rotatable bonds is 5. The van der Waals surface area contributed by atoms with Crippen LogP contribution in [0.2, 0.25) is 0 Å². The highest BCUT2D eigenvalue weighted by atomic mass is 19.1. The summed E-state index contributed by atoms with van der Waals surface area (Å²) in [6.45, 7) is 3.17. The van der Waals surface area contributed by atoms with E-state index in [1.54, 1.807) is 6.92 Å². The van der Waals surface area contributed by atoms with Gasteiger partial charge in [-0.3, -0.25) is 4.79 Å². The van der Waals surface area contributed by atoms with Gasteiger partial charge in [0.1, 0.15) is 5.67 Å². The minimum atomic E-state index is -0.979. The van der Waals surface area contributed by atoms with Crippen LogP contribution < -0.4 is 10.6 Å². The fourth-order valence-corrected chi connectivity index (χ4v) is 4.46. The lowest BCUT2D eigenvalue weighted by Crippen LogP contribution is -2.39. The Bertz CT molecular complexity index is 662. The van der Waals surface area contributed by atoms with Crippen molar-refractivity contribution in [1.29, 1.82) is 0 Å². The molecule has 0 radical (unpaired) electrons. The molecular weight excluding hydrogens is 343 g/mol.